The summed E-state index contributed by atoms with van der Waals surface area (Å²) >= 11 is 0. The number of carbonyl (C=O) groups excluding carboxylic acids is 3. The maximum atomic E-state index is 11.4. The fraction of sp³-hybridized carbons (Fsp3) is 0.714. The predicted octanol–water partition coefficient (Wildman–Crippen LogP) is -0.0335. The summed E-state index contributed by atoms with van der Waals surface area (Å²) in [5.41, 5.74) is 0. The summed E-state index contributed by atoms with van der Waals surface area (Å²) in [6, 6.07) is 1.75. The SMILES string of the molecule is COC[C@H](OC(C)=O)[C@H](OC(C)=O)[C@@H](OC)[C@@H](C#N)OC(C)=O. The zero-order valence-electron chi connectivity index (χ0n) is 13.7. The molecule has 0 saturated heterocycles. The zero-order valence-corrected chi connectivity index (χ0v) is 13.7. The molecule has 9 nitrogen and oxygen atoms in total. The van der Waals surface area contributed by atoms with E-state index in [2.05, 4.69) is 0 Å². The molecule has 0 aromatic rings. The Labute approximate surface area is 134 Å². The highest BCUT2D eigenvalue weighted by molar-refractivity contribution is 5.68. The minimum absolute atomic E-state index is 0.115. The molecule has 0 saturated carbocycles. The van der Waals surface area contributed by atoms with Crippen molar-refractivity contribution in [3.63, 3.8) is 0 Å². The Kier molecular flexibility index (Phi) is 9.53. The second-order valence-electron chi connectivity index (χ2n) is 4.54. The van der Waals surface area contributed by atoms with E-state index in [0.29, 0.717) is 0 Å². The molecule has 23 heavy (non-hydrogen) atoms. The van der Waals surface area contributed by atoms with Crippen LogP contribution in [0, 0.1) is 11.3 Å². The second-order valence-corrected chi connectivity index (χ2v) is 4.54. The van der Waals surface area contributed by atoms with Crippen molar-refractivity contribution in [1.82, 2.24) is 0 Å². The lowest BCUT2D eigenvalue weighted by Crippen LogP contribution is -2.51. The Morgan fingerprint density at radius 3 is 1.78 bits per heavy atom. The van der Waals surface area contributed by atoms with Crippen LogP contribution in [-0.2, 0) is 38.1 Å². The first kappa shape index (κ1) is 20.8. The van der Waals surface area contributed by atoms with Crippen molar-refractivity contribution in [2.24, 2.45) is 0 Å². The lowest BCUT2D eigenvalue weighted by molar-refractivity contribution is -0.191. The number of carbonyl (C=O) groups is 3. The molecule has 0 aliphatic heterocycles. The van der Waals surface area contributed by atoms with Crippen LogP contribution in [0.15, 0.2) is 0 Å². The number of ether oxygens (including phenoxy) is 5. The minimum atomic E-state index is -1.36. The van der Waals surface area contributed by atoms with Gasteiger partial charge in [-0.3, -0.25) is 14.4 Å². The highest BCUT2D eigenvalue weighted by Gasteiger charge is 2.41. The smallest absolute Gasteiger partial charge is 0.304 e. The first-order chi connectivity index (χ1) is 10.8. The van der Waals surface area contributed by atoms with Crippen LogP contribution in [0.5, 0.6) is 0 Å². The molecule has 0 aromatic heterocycles. The topological polar surface area (TPSA) is 121 Å². The summed E-state index contributed by atoms with van der Waals surface area (Å²) in [6.45, 7) is 3.32. The number of nitriles is 1. The van der Waals surface area contributed by atoms with Gasteiger partial charge < -0.3 is 23.7 Å². The number of esters is 3. The van der Waals surface area contributed by atoms with Crippen molar-refractivity contribution in [1.29, 1.82) is 5.26 Å². The van der Waals surface area contributed by atoms with Crippen LogP contribution >= 0.6 is 0 Å². The van der Waals surface area contributed by atoms with E-state index >= 15 is 0 Å². The Hall–Kier alpha value is -2.18. The van der Waals surface area contributed by atoms with Gasteiger partial charge in [0.1, 0.15) is 12.2 Å². The molecule has 0 heterocycles. The third-order valence-corrected chi connectivity index (χ3v) is 2.63. The molecule has 0 spiro atoms. The van der Waals surface area contributed by atoms with Crippen molar-refractivity contribution in [3.05, 3.63) is 0 Å². The third-order valence-electron chi connectivity index (χ3n) is 2.63. The van der Waals surface area contributed by atoms with E-state index in [-0.39, 0.29) is 6.61 Å². The molecule has 0 fully saturated rings. The summed E-state index contributed by atoms with van der Waals surface area (Å²) in [6.07, 6.45) is -4.79. The maximum Gasteiger partial charge on any atom is 0.304 e. The van der Waals surface area contributed by atoms with Gasteiger partial charge in [-0.15, -0.1) is 0 Å². The molecule has 0 rings (SSSR count). The average molecular weight is 331 g/mol. The molecule has 0 aliphatic rings. The fourth-order valence-corrected chi connectivity index (χ4v) is 1.90. The van der Waals surface area contributed by atoms with Gasteiger partial charge in [-0.1, -0.05) is 0 Å². The van der Waals surface area contributed by atoms with Gasteiger partial charge in [-0.05, 0) is 0 Å². The monoisotopic (exact) mass is 331 g/mol. The van der Waals surface area contributed by atoms with E-state index in [1.165, 1.54) is 21.1 Å². The van der Waals surface area contributed by atoms with Crippen LogP contribution in [0.25, 0.3) is 0 Å². The molecule has 0 amide bonds. The van der Waals surface area contributed by atoms with Crippen molar-refractivity contribution in [2.75, 3.05) is 20.8 Å². The maximum absolute atomic E-state index is 11.4. The first-order valence-electron chi connectivity index (χ1n) is 6.69. The van der Waals surface area contributed by atoms with Gasteiger partial charge in [-0.2, -0.15) is 5.26 Å². The summed E-state index contributed by atoms with van der Waals surface area (Å²) < 4.78 is 25.1. The molecule has 0 bridgehead atoms. The number of nitrogens with zero attached hydrogens (tertiary/aromatic N) is 1. The summed E-state index contributed by atoms with van der Waals surface area (Å²) in [5.74, 6) is -2.04. The van der Waals surface area contributed by atoms with Crippen molar-refractivity contribution in [2.45, 2.75) is 45.2 Å². The molecular weight excluding hydrogens is 310 g/mol. The van der Waals surface area contributed by atoms with E-state index in [4.69, 9.17) is 28.9 Å². The number of hydrogen-bond donors (Lipinski definition) is 0. The standard InChI is InChI=1S/C14H21NO8/c1-8(16)21-11(6-15)13(20-5)14(23-10(3)18)12(7-19-4)22-9(2)17/h11-14H,7H2,1-5H3/t11-,12+,13+,14+/m1/s1. The van der Waals surface area contributed by atoms with Gasteiger partial charge in [0.25, 0.3) is 0 Å². The first-order valence-corrected chi connectivity index (χ1v) is 6.69. The number of rotatable bonds is 9. The van der Waals surface area contributed by atoms with Crippen molar-refractivity contribution in [3.8, 4) is 6.07 Å². The summed E-state index contributed by atoms with van der Waals surface area (Å²) in [5, 5.41) is 9.17. The molecule has 0 aliphatic carbocycles. The average Bonchev–Trinajstić information content (AvgIpc) is 2.44. The molecule has 0 aromatic carbocycles. The van der Waals surface area contributed by atoms with Crippen LogP contribution in [-0.4, -0.2) is 63.2 Å². The molecule has 0 unspecified atom stereocenters. The van der Waals surface area contributed by atoms with Crippen molar-refractivity contribution >= 4 is 17.9 Å². The van der Waals surface area contributed by atoms with Gasteiger partial charge in [0, 0.05) is 35.0 Å². The normalized spacial score (nSPS) is 15.5. The van der Waals surface area contributed by atoms with E-state index in [1.807, 2.05) is 0 Å². The van der Waals surface area contributed by atoms with E-state index < -0.39 is 42.3 Å². The van der Waals surface area contributed by atoms with E-state index in [0.717, 1.165) is 13.8 Å². The lowest BCUT2D eigenvalue weighted by Gasteiger charge is -2.32. The van der Waals surface area contributed by atoms with Gasteiger partial charge in [0.15, 0.2) is 12.2 Å². The van der Waals surface area contributed by atoms with Crippen LogP contribution in [0.3, 0.4) is 0 Å². The predicted molar refractivity (Wildman–Crippen MR) is 74.9 cm³/mol. The van der Waals surface area contributed by atoms with E-state index in [9.17, 15) is 14.4 Å². The molecule has 0 N–H and O–H groups in total. The molecule has 9 heteroatoms. The fourth-order valence-electron chi connectivity index (χ4n) is 1.90. The highest BCUT2D eigenvalue weighted by Crippen LogP contribution is 2.18. The zero-order chi connectivity index (χ0) is 18.0. The van der Waals surface area contributed by atoms with Crippen LogP contribution in [0.1, 0.15) is 20.8 Å². The minimum Gasteiger partial charge on any atom is -0.456 e. The van der Waals surface area contributed by atoms with Gasteiger partial charge in [0.2, 0.25) is 6.10 Å². The van der Waals surface area contributed by atoms with Gasteiger partial charge in [-0.25, -0.2) is 0 Å². The Morgan fingerprint density at radius 1 is 0.913 bits per heavy atom. The molecule has 130 valence electrons. The molecule has 0 radical (unpaired) electrons. The number of methoxy groups -OCH3 is 2. The highest BCUT2D eigenvalue weighted by atomic mass is 16.6. The van der Waals surface area contributed by atoms with Crippen LogP contribution in [0.2, 0.25) is 0 Å². The van der Waals surface area contributed by atoms with Gasteiger partial charge in [0.05, 0.1) is 6.61 Å². The Bertz CT molecular complexity index is 458. The third kappa shape index (κ3) is 7.58. The van der Waals surface area contributed by atoms with Crippen molar-refractivity contribution < 1.29 is 38.1 Å². The Balaban J connectivity index is 5.57. The van der Waals surface area contributed by atoms with Crippen LogP contribution in [0.4, 0.5) is 0 Å². The largest absolute Gasteiger partial charge is 0.456 e. The molecule has 4 atom stereocenters. The Morgan fingerprint density at radius 2 is 1.43 bits per heavy atom. The summed E-state index contributed by atoms with van der Waals surface area (Å²) in [4.78, 5) is 33.7. The van der Waals surface area contributed by atoms with Crippen LogP contribution < -0.4 is 0 Å². The molecular formula is C14H21NO8. The van der Waals surface area contributed by atoms with E-state index in [1.54, 1.807) is 6.07 Å². The van der Waals surface area contributed by atoms with Gasteiger partial charge >= 0.3 is 17.9 Å². The number of hydrogen-bond acceptors (Lipinski definition) is 9. The quantitative estimate of drug-likeness (QED) is 0.423. The second kappa shape index (κ2) is 10.5. The summed E-state index contributed by atoms with van der Waals surface area (Å²) in [7, 11) is 2.60. The lowest BCUT2D eigenvalue weighted by atomic mass is 10.0.